The Bertz CT molecular complexity index is 763. The summed E-state index contributed by atoms with van der Waals surface area (Å²) >= 11 is 0. The van der Waals surface area contributed by atoms with Gasteiger partial charge < -0.3 is 5.32 Å². The Morgan fingerprint density at radius 1 is 0.917 bits per heavy atom. The van der Waals surface area contributed by atoms with Crippen LogP contribution in [-0.2, 0) is 0 Å². The number of benzene rings is 2. The lowest BCUT2D eigenvalue weighted by molar-refractivity contribution is 0.257. The quantitative estimate of drug-likeness (QED) is 0.829. The van der Waals surface area contributed by atoms with Crippen LogP contribution >= 0.6 is 0 Å². The highest BCUT2D eigenvalue weighted by atomic mass is 16.2. The molecule has 2 aromatic rings. The first-order chi connectivity index (χ1) is 11.8. The number of hydrogen-bond donors (Lipinski definition) is 1. The van der Waals surface area contributed by atoms with Crippen molar-refractivity contribution in [1.29, 1.82) is 0 Å². The molecule has 1 fully saturated rings. The molecule has 0 aromatic heterocycles. The summed E-state index contributed by atoms with van der Waals surface area (Å²) in [5.74, 6) is 0.416. The fraction of sp³-hybridized carbons (Fsp3) is 0.300. The topological polar surface area (TPSA) is 44.7 Å². The maximum atomic E-state index is 12.7. The van der Waals surface area contributed by atoms with Gasteiger partial charge in [0.05, 0.1) is 17.1 Å². The summed E-state index contributed by atoms with van der Waals surface area (Å²) in [7, 11) is 0. The van der Waals surface area contributed by atoms with Gasteiger partial charge >= 0.3 is 6.03 Å². The summed E-state index contributed by atoms with van der Waals surface area (Å²) in [4.78, 5) is 12.7. The van der Waals surface area contributed by atoms with Crippen molar-refractivity contribution in [2.75, 3.05) is 10.3 Å². The summed E-state index contributed by atoms with van der Waals surface area (Å²) in [6.07, 6.45) is 6.05. The molecule has 2 amide bonds. The third-order valence-corrected chi connectivity index (χ3v) is 4.84. The van der Waals surface area contributed by atoms with Crippen LogP contribution in [0.25, 0.3) is 0 Å². The van der Waals surface area contributed by atoms with Crippen LogP contribution in [0.3, 0.4) is 0 Å². The number of para-hydroxylation sites is 2. The van der Waals surface area contributed by atoms with Crippen molar-refractivity contribution in [2.24, 2.45) is 11.0 Å². The molecule has 0 radical (unpaired) electrons. The number of amides is 2. The number of fused-ring (bicyclic) bond motifs is 1. The number of urea groups is 1. The normalized spacial score (nSPS) is 18.4. The van der Waals surface area contributed by atoms with Crippen LogP contribution in [0.2, 0.25) is 0 Å². The van der Waals surface area contributed by atoms with E-state index in [0.29, 0.717) is 5.92 Å². The van der Waals surface area contributed by atoms with E-state index < -0.39 is 0 Å². The van der Waals surface area contributed by atoms with Crippen molar-refractivity contribution >= 4 is 23.1 Å². The molecule has 2 aliphatic rings. The van der Waals surface area contributed by atoms with Gasteiger partial charge in [0.15, 0.2) is 0 Å². The van der Waals surface area contributed by atoms with Gasteiger partial charge in [0.25, 0.3) is 0 Å². The van der Waals surface area contributed by atoms with E-state index in [9.17, 15) is 4.79 Å². The van der Waals surface area contributed by atoms with Gasteiger partial charge in [0.2, 0.25) is 0 Å². The summed E-state index contributed by atoms with van der Waals surface area (Å²) in [5.41, 5.74) is 3.73. The molecule has 0 bridgehead atoms. The van der Waals surface area contributed by atoms with E-state index in [2.05, 4.69) is 11.4 Å². The molecule has 4 heteroatoms. The predicted molar refractivity (Wildman–Crippen MR) is 97.5 cm³/mol. The number of hydrazone groups is 1. The third-order valence-electron chi connectivity index (χ3n) is 4.84. The van der Waals surface area contributed by atoms with Crippen molar-refractivity contribution in [3.05, 3.63) is 60.2 Å². The molecule has 0 saturated heterocycles. The summed E-state index contributed by atoms with van der Waals surface area (Å²) < 4.78 is 0. The molecule has 2 aromatic carbocycles. The molecular formula is C20H21N3O. The molecule has 24 heavy (non-hydrogen) atoms. The van der Waals surface area contributed by atoms with Gasteiger partial charge in [0.1, 0.15) is 0 Å². The molecule has 1 aliphatic carbocycles. The van der Waals surface area contributed by atoms with Gasteiger partial charge in [-0.3, -0.25) is 0 Å². The van der Waals surface area contributed by atoms with E-state index in [0.717, 1.165) is 35.5 Å². The van der Waals surface area contributed by atoms with Crippen LogP contribution in [0.15, 0.2) is 59.7 Å². The van der Waals surface area contributed by atoms with Crippen LogP contribution < -0.4 is 10.3 Å². The lowest BCUT2D eigenvalue weighted by atomic mass is 9.83. The molecule has 1 heterocycles. The summed E-state index contributed by atoms with van der Waals surface area (Å²) in [6.45, 7) is 0. The number of anilines is 2. The fourth-order valence-corrected chi connectivity index (χ4v) is 3.61. The Balaban J connectivity index is 1.82. The Labute approximate surface area is 142 Å². The number of rotatable bonds is 2. The highest BCUT2D eigenvalue weighted by Gasteiger charge is 2.28. The predicted octanol–water partition coefficient (Wildman–Crippen LogP) is 5.02. The van der Waals surface area contributed by atoms with Crippen LogP contribution in [0.4, 0.5) is 16.2 Å². The summed E-state index contributed by atoms with van der Waals surface area (Å²) in [5, 5.41) is 9.35. The number of nitrogens with one attached hydrogen (secondary N) is 1. The Hall–Kier alpha value is -2.62. The fourth-order valence-electron chi connectivity index (χ4n) is 3.61. The van der Waals surface area contributed by atoms with Gasteiger partial charge in [-0.25, -0.2) is 4.79 Å². The first-order valence-electron chi connectivity index (χ1n) is 8.67. The van der Waals surface area contributed by atoms with Crippen LogP contribution in [0.1, 0.15) is 37.7 Å². The van der Waals surface area contributed by atoms with Crippen LogP contribution in [-0.4, -0.2) is 11.7 Å². The smallest absolute Gasteiger partial charge is 0.305 e. The molecule has 4 nitrogen and oxygen atoms in total. The number of carbonyl (C=O) groups is 1. The van der Waals surface area contributed by atoms with Crippen LogP contribution in [0, 0.1) is 5.92 Å². The number of carbonyl (C=O) groups excluding carboxylic acids is 1. The van der Waals surface area contributed by atoms with Crippen molar-refractivity contribution in [1.82, 2.24) is 0 Å². The van der Waals surface area contributed by atoms with E-state index in [1.807, 2.05) is 48.5 Å². The van der Waals surface area contributed by atoms with E-state index >= 15 is 0 Å². The average molecular weight is 319 g/mol. The molecule has 1 aliphatic heterocycles. The zero-order chi connectivity index (χ0) is 16.4. The minimum absolute atomic E-state index is 0.209. The average Bonchev–Trinajstić information content (AvgIpc) is 2.79. The second-order valence-corrected chi connectivity index (χ2v) is 6.44. The molecule has 0 unspecified atom stereocenters. The first-order valence-corrected chi connectivity index (χ1v) is 8.67. The van der Waals surface area contributed by atoms with E-state index in [1.54, 1.807) is 0 Å². The molecule has 4 rings (SSSR count). The molecular weight excluding hydrogens is 298 g/mol. The Kier molecular flexibility index (Phi) is 4.03. The zero-order valence-electron chi connectivity index (χ0n) is 13.6. The minimum atomic E-state index is -0.209. The molecule has 122 valence electrons. The van der Waals surface area contributed by atoms with Gasteiger partial charge in [-0.15, -0.1) is 0 Å². The SMILES string of the molecule is O=C1Nc2ccccc2C(C2CCCCC2)=NN1c1ccccc1. The van der Waals surface area contributed by atoms with E-state index in [1.165, 1.54) is 24.3 Å². The summed E-state index contributed by atoms with van der Waals surface area (Å²) in [6, 6.07) is 17.4. The largest absolute Gasteiger partial charge is 0.347 e. The van der Waals surface area contributed by atoms with Crippen LogP contribution in [0.5, 0.6) is 0 Å². The van der Waals surface area contributed by atoms with Crippen molar-refractivity contribution in [3.63, 3.8) is 0 Å². The Morgan fingerprint density at radius 2 is 1.62 bits per heavy atom. The van der Waals surface area contributed by atoms with Crippen molar-refractivity contribution < 1.29 is 4.79 Å². The number of nitrogens with zero attached hydrogens (tertiary/aromatic N) is 2. The lowest BCUT2D eigenvalue weighted by Crippen LogP contribution is -2.30. The molecule has 0 atom stereocenters. The maximum Gasteiger partial charge on any atom is 0.347 e. The van der Waals surface area contributed by atoms with Gasteiger partial charge in [-0.1, -0.05) is 55.7 Å². The maximum absolute atomic E-state index is 12.7. The third kappa shape index (κ3) is 2.80. The second-order valence-electron chi connectivity index (χ2n) is 6.44. The highest BCUT2D eigenvalue weighted by Crippen LogP contribution is 2.32. The molecule has 1 N–H and O–H groups in total. The van der Waals surface area contributed by atoms with Crippen molar-refractivity contribution in [2.45, 2.75) is 32.1 Å². The molecule has 1 saturated carbocycles. The van der Waals surface area contributed by atoms with Gasteiger partial charge in [-0.05, 0) is 31.0 Å². The second kappa shape index (κ2) is 6.48. The zero-order valence-corrected chi connectivity index (χ0v) is 13.6. The van der Waals surface area contributed by atoms with Gasteiger partial charge in [-0.2, -0.15) is 10.1 Å². The van der Waals surface area contributed by atoms with Crippen molar-refractivity contribution in [3.8, 4) is 0 Å². The minimum Gasteiger partial charge on any atom is -0.305 e. The lowest BCUT2D eigenvalue weighted by Gasteiger charge is -2.24. The monoisotopic (exact) mass is 319 g/mol. The van der Waals surface area contributed by atoms with Gasteiger partial charge in [0, 0.05) is 11.5 Å². The van der Waals surface area contributed by atoms with E-state index in [-0.39, 0.29) is 6.03 Å². The van der Waals surface area contributed by atoms with E-state index in [4.69, 9.17) is 5.10 Å². The number of hydrogen-bond acceptors (Lipinski definition) is 2. The first kappa shape index (κ1) is 14.9. The molecule has 0 spiro atoms. The highest BCUT2D eigenvalue weighted by molar-refractivity contribution is 6.15. The Morgan fingerprint density at radius 3 is 2.42 bits per heavy atom. The standard InChI is InChI=1S/C20H21N3O/c24-20-21-18-14-8-7-13-17(18)19(15-9-3-1-4-10-15)22-23(20)16-11-5-2-6-12-16/h2,5-8,11-15H,1,3-4,9-10H2,(H,21,24).